The molecule has 0 aromatic heterocycles. The second kappa shape index (κ2) is 10.2. The van der Waals surface area contributed by atoms with Gasteiger partial charge in [-0.2, -0.15) is 0 Å². The minimum atomic E-state index is -3.24. The SMILES string of the molecule is COCCN(C(=O)NC(C)C)C1CCN(Cc2ccccc2S(C)(=O)=O)CC1. The van der Waals surface area contributed by atoms with Crippen LogP contribution in [0.15, 0.2) is 29.2 Å². The molecule has 1 aromatic carbocycles. The van der Waals surface area contributed by atoms with Gasteiger partial charge in [0.15, 0.2) is 9.84 Å². The van der Waals surface area contributed by atoms with E-state index in [4.69, 9.17) is 4.74 Å². The quantitative estimate of drug-likeness (QED) is 0.709. The van der Waals surface area contributed by atoms with Crippen LogP contribution < -0.4 is 5.32 Å². The topological polar surface area (TPSA) is 79.0 Å². The molecule has 1 N–H and O–H groups in total. The van der Waals surface area contributed by atoms with Crippen LogP contribution in [0.2, 0.25) is 0 Å². The van der Waals surface area contributed by atoms with Crippen molar-refractivity contribution in [3.05, 3.63) is 29.8 Å². The smallest absolute Gasteiger partial charge is 0.317 e. The van der Waals surface area contributed by atoms with E-state index in [-0.39, 0.29) is 18.1 Å². The van der Waals surface area contributed by atoms with Crippen molar-refractivity contribution in [3.8, 4) is 0 Å². The maximum atomic E-state index is 12.6. The molecule has 0 atom stereocenters. The summed E-state index contributed by atoms with van der Waals surface area (Å²) in [7, 11) is -1.60. The van der Waals surface area contributed by atoms with Gasteiger partial charge in [-0.3, -0.25) is 4.90 Å². The van der Waals surface area contributed by atoms with E-state index in [1.165, 1.54) is 6.26 Å². The van der Waals surface area contributed by atoms with Crippen LogP contribution in [0.25, 0.3) is 0 Å². The molecule has 0 aliphatic carbocycles. The van der Waals surface area contributed by atoms with E-state index in [1.54, 1.807) is 19.2 Å². The third kappa shape index (κ3) is 6.46. The maximum absolute atomic E-state index is 12.6. The van der Waals surface area contributed by atoms with Crippen molar-refractivity contribution in [3.63, 3.8) is 0 Å². The number of piperidine rings is 1. The Kier molecular flexibility index (Phi) is 8.27. The number of methoxy groups -OCH3 is 1. The lowest BCUT2D eigenvalue weighted by Crippen LogP contribution is -2.52. The van der Waals surface area contributed by atoms with Gasteiger partial charge in [0, 0.05) is 51.6 Å². The summed E-state index contributed by atoms with van der Waals surface area (Å²) in [6, 6.07) is 7.38. The number of carbonyl (C=O) groups excluding carboxylic acids is 1. The zero-order valence-corrected chi connectivity index (χ0v) is 18.2. The molecule has 1 aliphatic heterocycles. The van der Waals surface area contributed by atoms with Gasteiger partial charge in [0.25, 0.3) is 0 Å². The molecule has 7 nitrogen and oxygen atoms in total. The Morgan fingerprint density at radius 3 is 2.50 bits per heavy atom. The summed E-state index contributed by atoms with van der Waals surface area (Å²) < 4.78 is 29.2. The highest BCUT2D eigenvalue weighted by Crippen LogP contribution is 2.22. The highest BCUT2D eigenvalue weighted by atomic mass is 32.2. The predicted molar refractivity (Wildman–Crippen MR) is 110 cm³/mol. The summed E-state index contributed by atoms with van der Waals surface area (Å²) in [6.07, 6.45) is 2.96. The third-order valence-electron chi connectivity index (χ3n) is 4.97. The number of likely N-dealkylation sites (tertiary alicyclic amines) is 1. The Hall–Kier alpha value is -1.64. The van der Waals surface area contributed by atoms with Gasteiger partial charge < -0.3 is 15.0 Å². The number of benzene rings is 1. The monoisotopic (exact) mass is 411 g/mol. The summed E-state index contributed by atoms with van der Waals surface area (Å²) >= 11 is 0. The number of sulfone groups is 1. The summed E-state index contributed by atoms with van der Waals surface area (Å²) in [6.45, 7) is 7.22. The second-order valence-corrected chi connectivity index (χ2v) is 9.66. The number of carbonyl (C=O) groups is 1. The number of ether oxygens (including phenoxy) is 1. The summed E-state index contributed by atoms with van der Waals surface area (Å²) in [5, 5.41) is 2.98. The molecule has 8 heteroatoms. The highest BCUT2D eigenvalue weighted by molar-refractivity contribution is 7.90. The molecule has 1 aromatic rings. The first-order valence-corrected chi connectivity index (χ1v) is 11.7. The first-order chi connectivity index (χ1) is 13.2. The fraction of sp³-hybridized carbons (Fsp3) is 0.650. The number of nitrogens with zero attached hydrogens (tertiary/aromatic N) is 2. The fourth-order valence-electron chi connectivity index (χ4n) is 3.60. The lowest BCUT2D eigenvalue weighted by molar-refractivity contribution is 0.0920. The Morgan fingerprint density at radius 2 is 1.93 bits per heavy atom. The molecule has 1 fully saturated rings. The average Bonchev–Trinajstić information content (AvgIpc) is 2.62. The van der Waals surface area contributed by atoms with E-state index in [1.807, 2.05) is 30.9 Å². The molecule has 0 spiro atoms. The van der Waals surface area contributed by atoms with Crippen LogP contribution in [0.4, 0.5) is 4.79 Å². The van der Waals surface area contributed by atoms with Crippen molar-refractivity contribution in [1.82, 2.24) is 15.1 Å². The molecule has 28 heavy (non-hydrogen) atoms. The molecule has 2 rings (SSSR count). The van der Waals surface area contributed by atoms with E-state index in [2.05, 4.69) is 10.2 Å². The number of amides is 2. The van der Waals surface area contributed by atoms with Crippen molar-refractivity contribution in [1.29, 1.82) is 0 Å². The second-order valence-electron chi connectivity index (χ2n) is 7.68. The number of rotatable bonds is 8. The number of hydrogen-bond acceptors (Lipinski definition) is 5. The van der Waals surface area contributed by atoms with Gasteiger partial charge in [-0.05, 0) is 38.3 Å². The Balaban J connectivity index is 2.00. The molecule has 1 aliphatic rings. The molecule has 0 radical (unpaired) electrons. The first kappa shape index (κ1) is 22.6. The van der Waals surface area contributed by atoms with Crippen LogP contribution in [-0.2, 0) is 21.1 Å². The van der Waals surface area contributed by atoms with Crippen LogP contribution in [-0.4, -0.2) is 75.9 Å². The molecule has 1 heterocycles. The highest BCUT2D eigenvalue weighted by Gasteiger charge is 2.28. The van der Waals surface area contributed by atoms with Crippen molar-refractivity contribution in [2.24, 2.45) is 0 Å². The summed E-state index contributed by atoms with van der Waals surface area (Å²) in [4.78, 5) is 17.1. The zero-order valence-electron chi connectivity index (χ0n) is 17.3. The van der Waals surface area contributed by atoms with Crippen LogP contribution in [0, 0.1) is 0 Å². The number of hydrogen-bond donors (Lipinski definition) is 1. The van der Waals surface area contributed by atoms with E-state index in [0.29, 0.717) is 24.6 Å². The lowest BCUT2D eigenvalue weighted by atomic mass is 10.0. The molecule has 158 valence electrons. The Labute approximate surface area is 169 Å². The Bertz CT molecular complexity index is 744. The maximum Gasteiger partial charge on any atom is 0.317 e. The van der Waals surface area contributed by atoms with Gasteiger partial charge in [0.05, 0.1) is 11.5 Å². The van der Waals surface area contributed by atoms with E-state index < -0.39 is 9.84 Å². The predicted octanol–water partition coefficient (Wildman–Crippen LogP) is 2.12. The van der Waals surface area contributed by atoms with Gasteiger partial charge in [0.1, 0.15) is 0 Å². The van der Waals surface area contributed by atoms with Crippen molar-refractivity contribution >= 4 is 15.9 Å². The zero-order chi connectivity index (χ0) is 20.7. The minimum Gasteiger partial charge on any atom is -0.383 e. The van der Waals surface area contributed by atoms with Gasteiger partial charge >= 0.3 is 6.03 Å². The van der Waals surface area contributed by atoms with Crippen LogP contribution in [0.3, 0.4) is 0 Å². The summed E-state index contributed by atoms with van der Waals surface area (Å²) in [5.74, 6) is 0. The van der Waals surface area contributed by atoms with Crippen molar-refractivity contribution < 1.29 is 17.9 Å². The fourth-order valence-corrected chi connectivity index (χ4v) is 4.53. The molecule has 1 saturated heterocycles. The van der Waals surface area contributed by atoms with Crippen LogP contribution in [0.1, 0.15) is 32.3 Å². The average molecular weight is 412 g/mol. The van der Waals surface area contributed by atoms with Crippen LogP contribution >= 0.6 is 0 Å². The van der Waals surface area contributed by atoms with Crippen molar-refractivity contribution in [2.75, 3.05) is 39.6 Å². The summed E-state index contributed by atoms with van der Waals surface area (Å²) in [5.41, 5.74) is 0.831. The largest absolute Gasteiger partial charge is 0.383 e. The van der Waals surface area contributed by atoms with Crippen LogP contribution in [0.5, 0.6) is 0 Å². The first-order valence-electron chi connectivity index (χ1n) is 9.78. The normalized spacial score (nSPS) is 16.3. The van der Waals surface area contributed by atoms with Gasteiger partial charge in [0.2, 0.25) is 0 Å². The minimum absolute atomic E-state index is 0.0482. The molecular formula is C20H33N3O4S. The third-order valence-corrected chi connectivity index (χ3v) is 6.17. The molecule has 0 unspecified atom stereocenters. The van der Waals surface area contributed by atoms with E-state index in [0.717, 1.165) is 31.5 Å². The van der Waals surface area contributed by atoms with Crippen molar-refractivity contribution in [2.45, 2.75) is 50.2 Å². The molecular weight excluding hydrogens is 378 g/mol. The Morgan fingerprint density at radius 1 is 1.29 bits per heavy atom. The van der Waals surface area contributed by atoms with Gasteiger partial charge in [-0.15, -0.1) is 0 Å². The van der Waals surface area contributed by atoms with Gasteiger partial charge in [-0.1, -0.05) is 18.2 Å². The molecule has 0 bridgehead atoms. The lowest BCUT2D eigenvalue weighted by Gasteiger charge is -2.39. The molecule has 0 saturated carbocycles. The standard InChI is InChI=1S/C20H33N3O4S/c1-16(2)21-20(24)23(13-14-27-3)18-9-11-22(12-10-18)15-17-7-5-6-8-19(17)28(4,25)26/h5-8,16,18H,9-15H2,1-4H3,(H,21,24). The number of urea groups is 1. The number of nitrogens with one attached hydrogen (secondary N) is 1. The molecule has 2 amide bonds. The van der Waals surface area contributed by atoms with E-state index >= 15 is 0 Å². The van der Waals surface area contributed by atoms with E-state index in [9.17, 15) is 13.2 Å². The van der Waals surface area contributed by atoms with Gasteiger partial charge in [-0.25, -0.2) is 13.2 Å².